The number of aliphatic hydroxyl groups excluding tert-OH is 1. The van der Waals surface area contributed by atoms with Crippen LogP contribution < -0.4 is 5.32 Å². The molecule has 1 amide bonds. The van der Waals surface area contributed by atoms with Crippen LogP contribution in [0.2, 0.25) is 0 Å². The minimum Gasteiger partial charge on any atom is -0.506 e. The second-order valence-electron chi connectivity index (χ2n) is 7.49. The molecule has 0 aromatic carbocycles. The average molecular weight is 371 g/mol. The maximum atomic E-state index is 12.4. The molecular formula is C19H25N5O3. The number of aromatic hydroxyl groups is 1. The molecule has 0 bridgehead atoms. The summed E-state index contributed by atoms with van der Waals surface area (Å²) in [6.45, 7) is 5.22. The number of pyridine rings is 1. The quantitative estimate of drug-likeness (QED) is 0.646. The lowest BCUT2D eigenvalue weighted by molar-refractivity contribution is -0.123. The van der Waals surface area contributed by atoms with Crippen molar-refractivity contribution in [2.75, 3.05) is 19.6 Å². The molecule has 4 rings (SSSR count). The maximum absolute atomic E-state index is 12.4. The van der Waals surface area contributed by atoms with E-state index in [9.17, 15) is 15.0 Å². The molecule has 1 saturated carbocycles. The van der Waals surface area contributed by atoms with Gasteiger partial charge in [0.2, 0.25) is 5.91 Å². The summed E-state index contributed by atoms with van der Waals surface area (Å²) in [5, 5.41) is 22.8. The number of carbonyl (C=O) groups is 1. The smallest absolute Gasteiger partial charge is 0.223 e. The maximum Gasteiger partial charge on any atom is 0.223 e. The van der Waals surface area contributed by atoms with Gasteiger partial charge in [-0.3, -0.25) is 14.7 Å². The Bertz CT molecular complexity index is 811. The molecule has 144 valence electrons. The molecule has 3 N–H and O–H groups in total. The number of piperidine rings is 1. The fraction of sp³-hybridized carbons (Fsp3) is 0.526. The van der Waals surface area contributed by atoms with Crippen molar-refractivity contribution in [3.05, 3.63) is 41.7 Å². The van der Waals surface area contributed by atoms with E-state index in [1.165, 1.54) is 0 Å². The van der Waals surface area contributed by atoms with E-state index in [0.29, 0.717) is 36.2 Å². The zero-order valence-electron chi connectivity index (χ0n) is 15.4. The van der Waals surface area contributed by atoms with Gasteiger partial charge in [-0.1, -0.05) is 0 Å². The molecule has 0 radical (unpaired) electrons. The molecule has 1 unspecified atom stereocenters. The standard InChI is InChI=1S/C19H25N5O3/c1-12-18(26)14(13(10-25)6-22-12)7-24-8-15-16(9-24)17(15)19(27)21-3-5-23-4-2-20-11-23/h2,4,6,11,15-17,25-26H,3,5,7-10H2,1H3,(H,21,27)/t15-,16+,17?. The summed E-state index contributed by atoms with van der Waals surface area (Å²) in [4.78, 5) is 22.7. The largest absolute Gasteiger partial charge is 0.506 e. The molecule has 3 heterocycles. The van der Waals surface area contributed by atoms with Crippen molar-refractivity contribution in [1.82, 2.24) is 24.8 Å². The fourth-order valence-corrected chi connectivity index (χ4v) is 4.20. The Morgan fingerprint density at radius 3 is 2.81 bits per heavy atom. The van der Waals surface area contributed by atoms with Crippen molar-refractivity contribution < 1.29 is 15.0 Å². The van der Waals surface area contributed by atoms with E-state index >= 15 is 0 Å². The van der Waals surface area contributed by atoms with E-state index in [1.54, 1.807) is 25.6 Å². The van der Waals surface area contributed by atoms with E-state index in [2.05, 4.69) is 20.2 Å². The first kappa shape index (κ1) is 17.9. The number of carbonyl (C=O) groups excluding carboxylic acids is 1. The highest BCUT2D eigenvalue weighted by molar-refractivity contribution is 5.82. The van der Waals surface area contributed by atoms with Gasteiger partial charge in [-0.25, -0.2) is 4.98 Å². The fourth-order valence-electron chi connectivity index (χ4n) is 4.20. The number of nitrogens with one attached hydrogen (secondary N) is 1. The van der Waals surface area contributed by atoms with Crippen molar-refractivity contribution in [2.45, 2.75) is 26.6 Å². The lowest BCUT2D eigenvalue weighted by Crippen LogP contribution is -2.33. The van der Waals surface area contributed by atoms with Crippen LogP contribution in [0.1, 0.15) is 16.8 Å². The van der Waals surface area contributed by atoms with Gasteiger partial charge in [0.05, 0.1) is 18.6 Å². The molecule has 2 aliphatic rings. The first-order valence-corrected chi connectivity index (χ1v) is 9.31. The first-order chi connectivity index (χ1) is 13.1. The Labute approximate surface area is 157 Å². The first-order valence-electron chi connectivity index (χ1n) is 9.31. The average Bonchev–Trinajstić information content (AvgIpc) is 3.03. The highest BCUT2D eigenvalue weighted by Gasteiger charge is 2.59. The molecule has 2 fully saturated rings. The van der Waals surface area contributed by atoms with Crippen molar-refractivity contribution in [2.24, 2.45) is 17.8 Å². The third-order valence-corrected chi connectivity index (χ3v) is 5.78. The molecule has 3 atom stereocenters. The van der Waals surface area contributed by atoms with Gasteiger partial charge >= 0.3 is 0 Å². The van der Waals surface area contributed by atoms with E-state index in [1.807, 2.05) is 10.8 Å². The van der Waals surface area contributed by atoms with Crippen LogP contribution in [-0.2, 0) is 24.5 Å². The molecule has 0 spiro atoms. The van der Waals surface area contributed by atoms with Gasteiger partial charge < -0.3 is 20.1 Å². The summed E-state index contributed by atoms with van der Waals surface area (Å²) in [6.07, 6.45) is 6.98. The van der Waals surface area contributed by atoms with Crippen LogP contribution in [0.4, 0.5) is 0 Å². The number of imidazole rings is 1. The monoisotopic (exact) mass is 371 g/mol. The van der Waals surface area contributed by atoms with E-state index in [0.717, 1.165) is 25.2 Å². The Hall–Kier alpha value is -2.45. The molecule has 8 nitrogen and oxygen atoms in total. The van der Waals surface area contributed by atoms with Gasteiger partial charge in [-0.2, -0.15) is 0 Å². The third-order valence-electron chi connectivity index (χ3n) is 5.78. The van der Waals surface area contributed by atoms with Crippen molar-refractivity contribution in [1.29, 1.82) is 0 Å². The second kappa shape index (κ2) is 7.28. The number of rotatable bonds is 7. The summed E-state index contributed by atoms with van der Waals surface area (Å²) >= 11 is 0. The third kappa shape index (κ3) is 3.54. The number of hydrogen-bond donors (Lipinski definition) is 3. The number of likely N-dealkylation sites (tertiary alicyclic amines) is 1. The summed E-state index contributed by atoms with van der Waals surface area (Å²) < 4.78 is 1.94. The van der Waals surface area contributed by atoms with Gasteiger partial charge in [0.25, 0.3) is 0 Å². The van der Waals surface area contributed by atoms with Gasteiger partial charge in [-0.15, -0.1) is 0 Å². The van der Waals surface area contributed by atoms with Gasteiger partial charge in [0, 0.05) is 68.4 Å². The van der Waals surface area contributed by atoms with Gasteiger partial charge in [-0.05, 0) is 18.8 Å². The minimum atomic E-state index is -0.140. The number of fused-ring (bicyclic) bond motifs is 1. The lowest BCUT2D eigenvalue weighted by Gasteiger charge is -2.21. The van der Waals surface area contributed by atoms with Crippen molar-refractivity contribution >= 4 is 5.91 Å². The number of nitrogens with zero attached hydrogens (tertiary/aromatic N) is 4. The zero-order chi connectivity index (χ0) is 19.0. The summed E-state index contributed by atoms with van der Waals surface area (Å²) in [5.74, 6) is 1.19. The molecule has 1 aliphatic carbocycles. The number of hydrogen-bond acceptors (Lipinski definition) is 6. The predicted octanol–water partition coefficient (Wildman–Crippen LogP) is 0.279. The second-order valence-corrected chi connectivity index (χ2v) is 7.49. The summed E-state index contributed by atoms with van der Waals surface area (Å²) in [5.41, 5.74) is 1.97. The van der Waals surface area contributed by atoms with Crippen LogP contribution >= 0.6 is 0 Å². The lowest BCUT2D eigenvalue weighted by atomic mass is 10.1. The number of aryl methyl sites for hydroxylation is 1. The predicted molar refractivity (Wildman–Crippen MR) is 97.5 cm³/mol. The Morgan fingerprint density at radius 2 is 2.15 bits per heavy atom. The SMILES string of the molecule is Cc1ncc(CO)c(CN2C[C@@H]3C(C(=O)NCCn4ccnc4)[C@@H]3C2)c1O. The molecule has 2 aromatic heterocycles. The highest BCUT2D eigenvalue weighted by atomic mass is 16.3. The molecule has 2 aromatic rings. The molecule has 1 aliphatic heterocycles. The van der Waals surface area contributed by atoms with Crippen LogP contribution in [0, 0.1) is 24.7 Å². The van der Waals surface area contributed by atoms with Crippen LogP contribution in [-0.4, -0.2) is 55.2 Å². The van der Waals surface area contributed by atoms with Crippen LogP contribution in [0.3, 0.4) is 0 Å². The van der Waals surface area contributed by atoms with E-state index < -0.39 is 0 Å². The zero-order valence-corrected chi connectivity index (χ0v) is 15.4. The highest BCUT2D eigenvalue weighted by Crippen LogP contribution is 2.52. The Balaban J connectivity index is 1.27. The van der Waals surface area contributed by atoms with E-state index in [4.69, 9.17) is 0 Å². The van der Waals surface area contributed by atoms with Crippen LogP contribution in [0.15, 0.2) is 24.9 Å². The van der Waals surface area contributed by atoms with Gasteiger partial charge in [0.15, 0.2) is 0 Å². The minimum absolute atomic E-state index is 0.106. The van der Waals surface area contributed by atoms with Crippen LogP contribution in [0.25, 0.3) is 0 Å². The number of aromatic nitrogens is 3. The molecule has 27 heavy (non-hydrogen) atoms. The topological polar surface area (TPSA) is 104 Å². The molecule has 1 saturated heterocycles. The van der Waals surface area contributed by atoms with Crippen molar-refractivity contribution in [3.8, 4) is 5.75 Å². The summed E-state index contributed by atoms with van der Waals surface area (Å²) in [6, 6.07) is 0. The molecule has 8 heteroatoms. The normalized spacial score (nSPS) is 24.0. The Kier molecular flexibility index (Phi) is 4.84. The number of aliphatic hydroxyl groups is 1. The van der Waals surface area contributed by atoms with Gasteiger partial charge in [0.1, 0.15) is 5.75 Å². The Morgan fingerprint density at radius 1 is 1.37 bits per heavy atom. The van der Waals surface area contributed by atoms with Crippen LogP contribution in [0.5, 0.6) is 5.75 Å². The number of amides is 1. The summed E-state index contributed by atoms with van der Waals surface area (Å²) in [7, 11) is 0. The molecular weight excluding hydrogens is 346 g/mol. The van der Waals surface area contributed by atoms with Crippen molar-refractivity contribution in [3.63, 3.8) is 0 Å². The van der Waals surface area contributed by atoms with E-state index in [-0.39, 0.29) is 24.2 Å².